The Morgan fingerprint density at radius 1 is 0.407 bits per heavy atom. The van der Waals surface area contributed by atoms with Crippen LogP contribution in [0.4, 0.5) is 0 Å². The van der Waals surface area contributed by atoms with Gasteiger partial charge in [0.2, 0.25) is 0 Å². The Morgan fingerprint density at radius 3 is 1.14 bits per heavy atom. The molecule has 3 aliphatic heterocycles. The second-order valence-corrected chi connectivity index (χ2v) is 20.2. The number of benzene rings is 1. The summed E-state index contributed by atoms with van der Waals surface area (Å²) in [5.41, 5.74) is 0.199. The van der Waals surface area contributed by atoms with Gasteiger partial charge in [0.25, 0.3) is 0 Å². The number of carbonyl (C=O) groups excluding carboxylic acids is 13. The molecule has 3 fully saturated rings. The molecule has 4 heterocycles. The Morgan fingerprint density at radius 2 is 0.758 bits per heavy atom. The summed E-state index contributed by atoms with van der Waals surface area (Å²) >= 11 is 0. The van der Waals surface area contributed by atoms with Gasteiger partial charge in [0, 0.05) is 90.0 Å². The predicted octanol–water partition coefficient (Wildman–Crippen LogP) is -0.0922. The molecular formula is C56H71N3O32. The lowest BCUT2D eigenvalue weighted by molar-refractivity contribution is -0.383. The van der Waals surface area contributed by atoms with Crippen molar-refractivity contribution in [3.63, 3.8) is 0 Å². The van der Waals surface area contributed by atoms with Gasteiger partial charge in [0.15, 0.2) is 73.8 Å². The minimum absolute atomic E-state index is 0.203. The van der Waals surface area contributed by atoms with Gasteiger partial charge in [-0.05, 0) is 12.1 Å². The number of para-hydroxylation sites is 1. The second-order valence-electron chi connectivity index (χ2n) is 20.2. The number of rotatable bonds is 27. The van der Waals surface area contributed by atoms with Crippen molar-refractivity contribution < 1.29 is 152 Å². The first kappa shape index (κ1) is 73.0. The molecule has 0 amide bonds. The minimum atomic E-state index is -2.23. The fraction of sp³-hybridized carbons (Fsp3) is 0.625. The molecule has 0 radical (unpaired) electrons. The lowest BCUT2D eigenvalue weighted by Crippen LogP contribution is -2.69. The van der Waals surface area contributed by atoms with E-state index in [0.29, 0.717) is 5.69 Å². The summed E-state index contributed by atoms with van der Waals surface area (Å²) in [6.45, 7) is 9.01. The molecule has 91 heavy (non-hydrogen) atoms. The molecule has 2 aromatic rings. The topological polar surface area (TPSA) is 428 Å². The van der Waals surface area contributed by atoms with E-state index in [1.165, 1.54) is 0 Å². The smallest absolute Gasteiger partial charge is 0.303 e. The van der Waals surface area contributed by atoms with Crippen LogP contribution < -0.4 is 0 Å². The highest BCUT2D eigenvalue weighted by atomic mass is 16.8. The first-order valence-electron chi connectivity index (χ1n) is 27.8. The zero-order valence-electron chi connectivity index (χ0n) is 51.6. The zero-order chi connectivity index (χ0) is 67.6. The molecule has 3 saturated heterocycles. The van der Waals surface area contributed by atoms with Crippen molar-refractivity contribution in [1.82, 2.24) is 15.0 Å². The quantitative estimate of drug-likeness (QED) is 0.0833. The maximum atomic E-state index is 13.4. The fourth-order valence-electron chi connectivity index (χ4n) is 9.55. The number of hydrogen-bond donors (Lipinski definition) is 0. The van der Waals surface area contributed by atoms with Crippen LogP contribution in [0, 0.1) is 0 Å². The van der Waals surface area contributed by atoms with Crippen molar-refractivity contribution in [2.45, 2.75) is 200 Å². The van der Waals surface area contributed by atoms with Crippen LogP contribution in [-0.4, -0.2) is 223 Å². The van der Waals surface area contributed by atoms with Crippen molar-refractivity contribution in [2.24, 2.45) is 0 Å². The molecule has 3 aliphatic rings. The fourth-order valence-corrected chi connectivity index (χ4v) is 9.55. The van der Waals surface area contributed by atoms with Gasteiger partial charge in [-0.15, -0.1) is 5.10 Å². The van der Waals surface area contributed by atoms with E-state index >= 15 is 0 Å². The highest BCUT2D eigenvalue weighted by molar-refractivity contribution is 5.71. The molecule has 0 bridgehead atoms. The van der Waals surface area contributed by atoms with Gasteiger partial charge in [0.1, 0.15) is 68.7 Å². The largest absolute Gasteiger partial charge is 0.463 e. The van der Waals surface area contributed by atoms with Gasteiger partial charge >= 0.3 is 77.6 Å². The molecule has 0 spiro atoms. The molecule has 0 N–H and O–H groups in total. The summed E-state index contributed by atoms with van der Waals surface area (Å²) in [6, 6.07) is 8.30. The minimum Gasteiger partial charge on any atom is -0.463 e. The van der Waals surface area contributed by atoms with Gasteiger partial charge in [-0.1, -0.05) is 18.2 Å². The normalized spacial score (nSPS) is 27.0. The third-order valence-electron chi connectivity index (χ3n) is 12.6. The van der Waals surface area contributed by atoms with Crippen molar-refractivity contribution in [3.05, 3.63) is 42.2 Å². The number of hydrogen-bond acceptors (Lipinski definition) is 34. The Bertz CT molecular complexity index is 2940. The van der Waals surface area contributed by atoms with E-state index in [0.717, 1.165) is 101 Å². The molecule has 502 valence electrons. The summed E-state index contributed by atoms with van der Waals surface area (Å²) in [7, 11) is 0. The first-order chi connectivity index (χ1) is 42.8. The zero-order valence-corrected chi connectivity index (χ0v) is 51.6. The van der Waals surface area contributed by atoms with Crippen LogP contribution in [0.5, 0.6) is 0 Å². The van der Waals surface area contributed by atoms with Crippen LogP contribution in [0.3, 0.4) is 0 Å². The van der Waals surface area contributed by atoms with Crippen LogP contribution in [0.2, 0.25) is 0 Å². The number of aromatic nitrogens is 3. The van der Waals surface area contributed by atoms with Gasteiger partial charge in [-0.2, -0.15) is 9.90 Å². The molecule has 35 heteroatoms. The summed E-state index contributed by atoms with van der Waals surface area (Å²) < 4.78 is 111. The summed E-state index contributed by atoms with van der Waals surface area (Å²) in [5.74, 6) is -13.4. The van der Waals surface area contributed by atoms with Crippen LogP contribution in [0.1, 0.15) is 102 Å². The number of nitrogens with zero attached hydrogens (tertiary/aromatic N) is 3. The van der Waals surface area contributed by atoms with E-state index in [1.54, 1.807) is 30.3 Å². The molecule has 1 aromatic carbocycles. The molecule has 1 aromatic heterocycles. The Kier molecular flexibility index (Phi) is 27.2. The third-order valence-corrected chi connectivity index (χ3v) is 12.6. The molecule has 35 nitrogen and oxygen atoms in total. The van der Waals surface area contributed by atoms with E-state index in [4.69, 9.17) is 90.0 Å². The molecule has 13 unspecified atom stereocenters. The number of ether oxygens (including phenoxy) is 19. The molecule has 0 aliphatic carbocycles. The summed E-state index contributed by atoms with van der Waals surface area (Å²) in [6.07, 6.45) is -34.3. The molecular weight excluding hydrogens is 1230 g/mol. The maximum Gasteiger partial charge on any atom is 0.303 e. The summed E-state index contributed by atoms with van der Waals surface area (Å²) in [5, 5.41) is 8.76. The standard InChI is InChI=1S/C56H71N3O32/c1-24(60)73-20-39(77-28(5)64)44(43(78-29(6)65)38-19-57-59(58-38)37-17-15-14-16-18-37)89-54-52(84-35(12)71)49(81-32(9)68)46(41(87-54)22-75-26(3)62)91-56-53(85-36(13)72)50(82-33(10)69)47(42(88-56)23-76-27(4)63)90-55-51(83-34(11)70)48(80-31(8)67)45(79-30(7)66)40(86-55)21-74-25(2)61/h14-19,39-56H,20-23H2,1-13H3/t39?,40?,41-,42?,43?,44?,45?,46-,47?,48?,49+,50?,51?,52-,53?,54+,55?,56?/m1/s1. The second kappa shape index (κ2) is 33.9. The number of esters is 13. The highest BCUT2D eigenvalue weighted by Gasteiger charge is 2.61. The van der Waals surface area contributed by atoms with Gasteiger partial charge in [0.05, 0.1) is 11.9 Å². The van der Waals surface area contributed by atoms with Crippen molar-refractivity contribution in [3.8, 4) is 5.69 Å². The SMILES string of the molecule is CC(=O)OCC(OC(C)=O)C(O[C@@H]1O[C@H](COC(C)=O)[C@@H](OC2OC(COC(C)=O)C(OC3OC(COC(C)=O)C(OC(C)=O)C(OC(C)=O)C3OC(C)=O)C(OC(C)=O)C2OC(C)=O)[C@H](OC(C)=O)[C@H]1OC(C)=O)C(OC(C)=O)c1cnn(-c2ccccc2)n1. The predicted molar refractivity (Wildman–Crippen MR) is 287 cm³/mol. The van der Waals surface area contributed by atoms with E-state index < -0.39 is 214 Å². The number of carbonyl (C=O) groups is 13. The monoisotopic (exact) mass is 1300 g/mol. The van der Waals surface area contributed by atoms with Crippen molar-refractivity contribution in [2.75, 3.05) is 26.4 Å². The van der Waals surface area contributed by atoms with Gasteiger partial charge < -0.3 is 90.0 Å². The van der Waals surface area contributed by atoms with Crippen LogP contribution in [0.25, 0.3) is 5.69 Å². The van der Waals surface area contributed by atoms with E-state index in [9.17, 15) is 62.3 Å². The Hall–Kier alpha value is -8.77. The van der Waals surface area contributed by atoms with E-state index in [-0.39, 0.29) is 5.69 Å². The average molecular weight is 1300 g/mol. The van der Waals surface area contributed by atoms with E-state index in [2.05, 4.69) is 10.2 Å². The molecule has 0 saturated carbocycles. The van der Waals surface area contributed by atoms with Crippen LogP contribution in [0.15, 0.2) is 36.5 Å². The Balaban J connectivity index is 1.73. The maximum absolute atomic E-state index is 13.4. The first-order valence-corrected chi connectivity index (χ1v) is 27.8. The lowest BCUT2D eigenvalue weighted by atomic mass is 9.95. The highest BCUT2D eigenvalue weighted by Crippen LogP contribution is 2.40. The van der Waals surface area contributed by atoms with Crippen LogP contribution in [-0.2, 0) is 152 Å². The third kappa shape index (κ3) is 22.0. The van der Waals surface area contributed by atoms with Crippen LogP contribution >= 0.6 is 0 Å². The summed E-state index contributed by atoms with van der Waals surface area (Å²) in [4.78, 5) is 169. The van der Waals surface area contributed by atoms with Crippen molar-refractivity contribution >= 4 is 77.6 Å². The molecule has 5 rings (SSSR count). The van der Waals surface area contributed by atoms with Crippen molar-refractivity contribution in [1.29, 1.82) is 0 Å². The van der Waals surface area contributed by atoms with Gasteiger partial charge in [-0.25, -0.2) is 0 Å². The lowest BCUT2D eigenvalue weighted by Gasteiger charge is -2.50. The Labute approximate surface area is 518 Å². The average Bonchev–Trinajstić information content (AvgIpc) is 0.969. The van der Waals surface area contributed by atoms with Gasteiger partial charge in [-0.3, -0.25) is 62.3 Å². The molecule has 18 atom stereocenters. The van der Waals surface area contributed by atoms with E-state index in [1.807, 2.05) is 0 Å².